The monoisotopic (exact) mass is 358 g/mol. The molecule has 1 unspecified atom stereocenters. The number of nitrogens with zero attached hydrogens (tertiary/aromatic N) is 1. The van der Waals surface area contributed by atoms with Gasteiger partial charge in [0.15, 0.2) is 0 Å². The molecule has 0 aliphatic carbocycles. The topological polar surface area (TPSA) is 82.1 Å². The molecule has 0 aliphatic rings. The third-order valence-corrected chi connectivity index (χ3v) is 4.01. The summed E-state index contributed by atoms with van der Waals surface area (Å²) < 4.78 is 26.9. The smallest absolute Gasteiger partial charge is 0.460 e. The third kappa shape index (κ3) is 7.86. The molecule has 0 radical (unpaired) electrons. The molecule has 1 aromatic carbocycles. The summed E-state index contributed by atoms with van der Waals surface area (Å²) in [6.45, 7) is 3.88. The van der Waals surface area contributed by atoms with Crippen molar-refractivity contribution in [3.8, 4) is 0 Å². The van der Waals surface area contributed by atoms with E-state index in [0.717, 1.165) is 0 Å². The van der Waals surface area contributed by atoms with Crippen molar-refractivity contribution in [1.29, 1.82) is 0 Å². The molecule has 0 saturated carbocycles. The number of quaternary nitrogens is 1. The molecule has 1 N–H and O–H groups in total. The van der Waals surface area contributed by atoms with Gasteiger partial charge in [0.2, 0.25) is 0 Å². The number of esters is 1. The van der Waals surface area contributed by atoms with Crippen LogP contribution in [0.15, 0.2) is 30.8 Å². The molecule has 0 aliphatic heterocycles. The highest BCUT2D eigenvalue weighted by Gasteiger charge is 2.22. The molecule has 1 aromatic rings. The van der Waals surface area contributed by atoms with Crippen molar-refractivity contribution in [3.05, 3.63) is 42.0 Å². The Kier molecular flexibility index (Phi) is 7.79. The van der Waals surface area contributed by atoms with Crippen LogP contribution >= 0.6 is 7.82 Å². The second kappa shape index (κ2) is 9.11. The average molecular weight is 358 g/mol. The number of phosphoric acid groups is 1. The lowest BCUT2D eigenvalue weighted by Gasteiger charge is -2.24. The normalized spacial score (nSPS) is 14.0. The fourth-order valence-electron chi connectivity index (χ4n) is 1.69. The van der Waals surface area contributed by atoms with Crippen LogP contribution in [0.4, 0.5) is 0 Å². The van der Waals surface area contributed by atoms with E-state index in [9.17, 15) is 14.3 Å². The van der Waals surface area contributed by atoms with Crippen molar-refractivity contribution in [2.24, 2.45) is 0 Å². The Morgan fingerprint density at radius 1 is 1.21 bits per heavy atom. The van der Waals surface area contributed by atoms with Gasteiger partial charge in [-0.25, -0.2) is 9.36 Å². The number of ether oxygens (including phenoxy) is 1. The van der Waals surface area contributed by atoms with E-state index in [1.54, 1.807) is 30.3 Å². The summed E-state index contributed by atoms with van der Waals surface area (Å²) in [6.07, 6.45) is 1.55. The number of hydrogen-bond donors (Lipinski definition) is 1. The van der Waals surface area contributed by atoms with E-state index in [2.05, 4.69) is 6.58 Å². The van der Waals surface area contributed by atoms with Gasteiger partial charge in [-0.05, 0) is 11.6 Å². The summed E-state index contributed by atoms with van der Waals surface area (Å²) >= 11 is 0. The SMILES string of the molecule is C=Cc1ccccc1C(=O)OCCOP(=O)(O)OCC[N+](C)(C)C. The zero-order valence-corrected chi connectivity index (χ0v) is 15.2. The third-order valence-electron chi connectivity index (χ3n) is 2.99. The number of phosphoric ester groups is 1. The van der Waals surface area contributed by atoms with E-state index in [-0.39, 0.29) is 19.8 Å². The van der Waals surface area contributed by atoms with Crippen molar-refractivity contribution in [1.82, 2.24) is 0 Å². The van der Waals surface area contributed by atoms with Crippen LogP contribution in [0.5, 0.6) is 0 Å². The second-order valence-electron chi connectivity index (χ2n) is 6.08. The first kappa shape index (κ1) is 20.5. The fraction of sp³-hybridized carbons (Fsp3) is 0.438. The molecule has 0 bridgehead atoms. The van der Waals surface area contributed by atoms with Crippen LogP contribution in [0, 0.1) is 0 Å². The minimum Gasteiger partial charge on any atom is -0.460 e. The molecule has 1 atom stereocenters. The van der Waals surface area contributed by atoms with Crippen LogP contribution in [0.1, 0.15) is 15.9 Å². The van der Waals surface area contributed by atoms with Crippen LogP contribution in [0.3, 0.4) is 0 Å². The molecule has 24 heavy (non-hydrogen) atoms. The van der Waals surface area contributed by atoms with E-state index in [0.29, 0.717) is 22.2 Å². The Hall–Kier alpha value is -1.50. The average Bonchev–Trinajstić information content (AvgIpc) is 2.49. The van der Waals surface area contributed by atoms with Crippen LogP contribution in [-0.4, -0.2) is 62.9 Å². The van der Waals surface area contributed by atoms with Gasteiger partial charge in [0, 0.05) is 0 Å². The molecule has 1 rings (SSSR count). The summed E-state index contributed by atoms with van der Waals surface area (Å²) in [5, 5.41) is 0. The molecule has 0 fully saturated rings. The summed E-state index contributed by atoms with van der Waals surface area (Å²) in [5.74, 6) is -0.548. The Morgan fingerprint density at radius 2 is 1.83 bits per heavy atom. The molecule has 0 heterocycles. The predicted octanol–water partition coefficient (Wildman–Crippen LogP) is 2.33. The van der Waals surface area contributed by atoms with Crippen molar-refractivity contribution in [2.75, 3.05) is 47.5 Å². The first-order chi connectivity index (χ1) is 11.1. The summed E-state index contributed by atoms with van der Waals surface area (Å²) in [4.78, 5) is 21.5. The number of likely N-dealkylation sites (N-methyl/N-ethyl adjacent to an activating group) is 1. The lowest BCUT2D eigenvalue weighted by molar-refractivity contribution is -0.870. The van der Waals surface area contributed by atoms with E-state index in [4.69, 9.17) is 13.8 Å². The molecule has 0 aromatic heterocycles. The molecule has 134 valence electrons. The summed E-state index contributed by atoms with van der Waals surface area (Å²) in [7, 11) is 1.67. The Labute approximate surface area is 142 Å². The number of carbonyl (C=O) groups excluding carboxylic acids is 1. The molecule has 7 nitrogen and oxygen atoms in total. The maximum atomic E-state index is 11.9. The summed E-state index contributed by atoms with van der Waals surface area (Å²) in [5.41, 5.74) is 1.03. The Morgan fingerprint density at radius 3 is 2.46 bits per heavy atom. The molecule has 0 amide bonds. The van der Waals surface area contributed by atoms with Crippen LogP contribution in [0.25, 0.3) is 6.08 Å². The first-order valence-electron chi connectivity index (χ1n) is 7.45. The number of rotatable bonds is 10. The quantitative estimate of drug-likeness (QED) is 0.299. The second-order valence-corrected chi connectivity index (χ2v) is 7.53. The summed E-state index contributed by atoms with van der Waals surface area (Å²) in [6, 6.07) is 6.85. The van der Waals surface area contributed by atoms with Crippen molar-refractivity contribution in [2.45, 2.75) is 0 Å². The molecule has 0 saturated heterocycles. The molecule has 0 spiro atoms. The predicted molar refractivity (Wildman–Crippen MR) is 91.4 cm³/mol. The van der Waals surface area contributed by atoms with Crippen molar-refractivity contribution in [3.63, 3.8) is 0 Å². The standard InChI is InChI=1S/C16H24NO6P/c1-5-14-8-6-7-9-15(14)16(18)21-12-13-23-24(19,20)22-11-10-17(2,3)4/h5-9H,1,10-13H2,2-4H3/p+1. The van der Waals surface area contributed by atoms with Crippen LogP contribution in [-0.2, 0) is 18.3 Å². The zero-order valence-electron chi connectivity index (χ0n) is 14.3. The van der Waals surface area contributed by atoms with Gasteiger partial charge >= 0.3 is 13.8 Å². The number of hydrogen-bond acceptors (Lipinski definition) is 5. The van der Waals surface area contributed by atoms with Gasteiger partial charge in [0.05, 0.1) is 33.3 Å². The Bertz CT molecular complexity index is 611. The highest BCUT2D eigenvalue weighted by Crippen LogP contribution is 2.42. The maximum Gasteiger partial charge on any atom is 0.472 e. The van der Waals surface area contributed by atoms with E-state index < -0.39 is 13.8 Å². The molecular weight excluding hydrogens is 333 g/mol. The van der Waals surface area contributed by atoms with Gasteiger partial charge in [-0.2, -0.15) is 0 Å². The van der Waals surface area contributed by atoms with Crippen LogP contribution < -0.4 is 0 Å². The first-order valence-corrected chi connectivity index (χ1v) is 8.95. The Balaban J connectivity index is 2.35. The molecular formula is C16H25NO6P+. The highest BCUT2D eigenvalue weighted by molar-refractivity contribution is 7.47. The maximum absolute atomic E-state index is 11.9. The number of benzene rings is 1. The number of carbonyl (C=O) groups is 1. The highest BCUT2D eigenvalue weighted by atomic mass is 31.2. The van der Waals surface area contributed by atoms with Gasteiger partial charge in [-0.3, -0.25) is 9.05 Å². The van der Waals surface area contributed by atoms with Crippen molar-refractivity contribution < 1.29 is 32.5 Å². The van der Waals surface area contributed by atoms with Gasteiger partial charge in [0.25, 0.3) is 0 Å². The van der Waals surface area contributed by atoms with Crippen molar-refractivity contribution >= 4 is 19.9 Å². The van der Waals surface area contributed by atoms with Gasteiger partial charge < -0.3 is 14.1 Å². The van der Waals surface area contributed by atoms with Gasteiger partial charge in [-0.15, -0.1) is 0 Å². The van der Waals surface area contributed by atoms with E-state index in [1.807, 2.05) is 21.1 Å². The minimum atomic E-state index is -4.14. The minimum absolute atomic E-state index is 0.0871. The largest absolute Gasteiger partial charge is 0.472 e. The lowest BCUT2D eigenvalue weighted by atomic mass is 10.1. The van der Waals surface area contributed by atoms with E-state index >= 15 is 0 Å². The van der Waals surface area contributed by atoms with Crippen LogP contribution in [0.2, 0.25) is 0 Å². The zero-order chi connectivity index (χ0) is 18.2. The van der Waals surface area contributed by atoms with E-state index in [1.165, 1.54) is 0 Å². The molecule has 8 heteroatoms. The van der Waals surface area contributed by atoms with Gasteiger partial charge in [-0.1, -0.05) is 30.9 Å². The lowest BCUT2D eigenvalue weighted by Crippen LogP contribution is -2.37. The van der Waals surface area contributed by atoms with Gasteiger partial charge in [0.1, 0.15) is 19.8 Å². The fourth-order valence-corrected chi connectivity index (χ4v) is 2.39.